The molecule has 27 heavy (non-hydrogen) atoms. The minimum atomic E-state index is -0.598. The highest BCUT2D eigenvalue weighted by atomic mass is 16.5. The molecule has 1 aliphatic heterocycles. The zero-order chi connectivity index (χ0) is 19.6. The third-order valence-electron chi connectivity index (χ3n) is 4.57. The lowest BCUT2D eigenvalue weighted by atomic mass is 10.1. The molecule has 1 aliphatic rings. The molecule has 8 heteroatoms. The number of nitrogens with zero attached hydrogens (tertiary/aromatic N) is 2. The Labute approximate surface area is 156 Å². The fourth-order valence-corrected chi connectivity index (χ4v) is 2.99. The van der Waals surface area contributed by atoms with Crippen molar-refractivity contribution in [3.8, 4) is 0 Å². The van der Waals surface area contributed by atoms with Gasteiger partial charge in [-0.25, -0.2) is 0 Å². The number of ether oxygens (including phenoxy) is 1. The van der Waals surface area contributed by atoms with Crippen molar-refractivity contribution in [2.24, 2.45) is 5.92 Å². The third-order valence-corrected chi connectivity index (χ3v) is 4.57. The Morgan fingerprint density at radius 1 is 1.33 bits per heavy atom. The third kappa shape index (κ3) is 4.16. The summed E-state index contributed by atoms with van der Waals surface area (Å²) in [5.41, 5.74) is 2.88. The molecule has 1 N–H and O–H groups in total. The van der Waals surface area contributed by atoms with E-state index in [2.05, 4.69) is 10.5 Å². The molecule has 0 aliphatic carbocycles. The summed E-state index contributed by atoms with van der Waals surface area (Å²) in [4.78, 5) is 38.0. The number of hydrogen-bond acceptors (Lipinski definition) is 6. The molecule has 2 heterocycles. The lowest BCUT2D eigenvalue weighted by molar-refractivity contribution is -0.151. The number of amides is 2. The van der Waals surface area contributed by atoms with Crippen molar-refractivity contribution in [3.05, 3.63) is 41.2 Å². The molecule has 1 saturated heterocycles. The molecule has 3 rings (SSSR count). The van der Waals surface area contributed by atoms with Crippen LogP contribution in [0.15, 0.2) is 28.8 Å². The van der Waals surface area contributed by atoms with Gasteiger partial charge in [-0.2, -0.15) is 0 Å². The number of carbonyl (C=O) groups is 3. The second-order valence-electron chi connectivity index (χ2n) is 6.60. The molecule has 0 bridgehead atoms. The maximum absolute atomic E-state index is 12.4. The lowest BCUT2D eigenvalue weighted by Gasteiger charge is -2.20. The summed E-state index contributed by atoms with van der Waals surface area (Å²) in [6.45, 7) is 5.41. The number of aryl methyl sites for hydroxylation is 2. The summed E-state index contributed by atoms with van der Waals surface area (Å²) in [7, 11) is 0. The van der Waals surface area contributed by atoms with Crippen LogP contribution >= 0.6 is 0 Å². The van der Waals surface area contributed by atoms with E-state index >= 15 is 0 Å². The molecular weight excluding hydrogens is 350 g/mol. The molecule has 0 unspecified atom stereocenters. The van der Waals surface area contributed by atoms with Crippen LogP contribution in [0.5, 0.6) is 0 Å². The first-order chi connectivity index (χ1) is 12.8. The standard InChI is InChI=1S/C19H21N3O5/c1-11-5-4-6-15(13(11)3)22-9-14(8-18(22)24)19(25)26-10-17(23)20-16-7-12(2)27-21-16/h4-7,14H,8-10H2,1-3H3,(H,20,21,23)/t14-/m1/s1. The van der Waals surface area contributed by atoms with Gasteiger partial charge in [0.1, 0.15) is 5.76 Å². The Balaban J connectivity index is 1.56. The van der Waals surface area contributed by atoms with Crippen LogP contribution in [0.3, 0.4) is 0 Å². The predicted molar refractivity (Wildman–Crippen MR) is 97.2 cm³/mol. The van der Waals surface area contributed by atoms with E-state index in [9.17, 15) is 14.4 Å². The number of nitrogens with one attached hydrogen (secondary N) is 1. The normalized spacial score (nSPS) is 16.5. The van der Waals surface area contributed by atoms with E-state index in [0.717, 1.165) is 16.8 Å². The summed E-state index contributed by atoms with van der Waals surface area (Å²) in [6, 6.07) is 7.27. The molecule has 2 amide bonds. The van der Waals surface area contributed by atoms with Crippen LogP contribution in [0.1, 0.15) is 23.3 Å². The van der Waals surface area contributed by atoms with Gasteiger partial charge in [-0.3, -0.25) is 14.4 Å². The molecular formula is C19H21N3O5. The highest BCUT2D eigenvalue weighted by Gasteiger charge is 2.37. The molecule has 8 nitrogen and oxygen atoms in total. The number of anilines is 2. The Kier molecular flexibility index (Phi) is 5.25. The minimum Gasteiger partial charge on any atom is -0.455 e. The van der Waals surface area contributed by atoms with Crippen LogP contribution in [-0.2, 0) is 19.1 Å². The van der Waals surface area contributed by atoms with Crippen molar-refractivity contribution in [2.45, 2.75) is 27.2 Å². The second kappa shape index (κ2) is 7.61. The quantitative estimate of drug-likeness (QED) is 0.808. The summed E-state index contributed by atoms with van der Waals surface area (Å²) in [5, 5.41) is 6.10. The van der Waals surface area contributed by atoms with E-state index in [1.165, 1.54) is 0 Å². The zero-order valence-electron chi connectivity index (χ0n) is 15.4. The number of rotatable bonds is 5. The zero-order valence-corrected chi connectivity index (χ0v) is 15.4. The number of carbonyl (C=O) groups excluding carboxylic acids is 3. The van der Waals surface area contributed by atoms with Crippen LogP contribution in [0.2, 0.25) is 0 Å². The fourth-order valence-electron chi connectivity index (χ4n) is 2.99. The first-order valence-electron chi connectivity index (χ1n) is 8.61. The van der Waals surface area contributed by atoms with Crippen LogP contribution in [0.4, 0.5) is 11.5 Å². The average Bonchev–Trinajstić information content (AvgIpc) is 3.21. The summed E-state index contributed by atoms with van der Waals surface area (Å²) in [5.74, 6) is -1.01. The number of aromatic nitrogens is 1. The number of benzene rings is 1. The van der Waals surface area contributed by atoms with Crippen molar-refractivity contribution < 1.29 is 23.6 Å². The molecule has 1 fully saturated rings. The molecule has 2 aromatic rings. The van der Waals surface area contributed by atoms with Crippen molar-refractivity contribution >= 4 is 29.3 Å². The monoisotopic (exact) mass is 371 g/mol. The SMILES string of the molecule is Cc1cc(NC(=O)COC(=O)[C@@H]2CC(=O)N(c3cccc(C)c3C)C2)no1. The van der Waals surface area contributed by atoms with Crippen LogP contribution < -0.4 is 10.2 Å². The van der Waals surface area contributed by atoms with E-state index in [1.807, 2.05) is 32.0 Å². The number of hydrogen-bond donors (Lipinski definition) is 1. The smallest absolute Gasteiger partial charge is 0.311 e. The van der Waals surface area contributed by atoms with Gasteiger partial charge in [0.15, 0.2) is 12.4 Å². The van der Waals surface area contributed by atoms with Gasteiger partial charge in [-0.1, -0.05) is 17.3 Å². The van der Waals surface area contributed by atoms with Crippen molar-refractivity contribution in [1.29, 1.82) is 0 Å². The molecule has 1 atom stereocenters. The molecule has 1 aromatic carbocycles. The summed E-state index contributed by atoms with van der Waals surface area (Å²) >= 11 is 0. The predicted octanol–water partition coefficient (Wildman–Crippen LogP) is 2.13. The van der Waals surface area contributed by atoms with E-state index in [0.29, 0.717) is 5.76 Å². The molecule has 0 spiro atoms. The highest BCUT2D eigenvalue weighted by Crippen LogP contribution is 2.29. The van der Waals surface area contributed by atoms with Crippen LogP contribution in [0.25, 0.3) is 0 Å². The Morgan fingerprint density at radius 2 is 2.11 bits per heavy atom. The van der Waals surface area contributed by atoms with Gasteiger partial charge in [-0.05, 0) is 38.0 Å². The Morgan fingerprint density at radius 3 is 2.81 bits per heavy atom. The van der Waals surface area contributed by atoms with E-state index in [4.69, 9.17) is 9.26 Å². The largest absolute Gasteiger partial charge is 0.455 e. The molecule has 1 aromatic heterocycles. The van der Waals surface area contributed by atoms with Gasteiger partial charge in [0.2, 0.25) is 5.91 Å². The van der Waals surface area contributed by atoms with Crippen molar-refractivity contribution in [2.75, 3.05) is 23.4 Å². The maximum atomic E-state index is 12.4. The fraction of sp³-hybridized carbons (Fsp3) is 0.368. The topological polar surface area (TPSA) is 102 Å². The lowest BCUT2D eigenvalue weighted by Crippen LogP contribution is -2.28. The maximum Gasteiger partial charge on any atom is 0.311 e. The number of esters is 1. The first-order valence-corrected chi connectivity index (χ1v) is 8.61. The van der Waals surface area contributed by atoms with Crippen LogP contribution in [0, 0.1) is 26.7 Å². The Bertz CT molecular complexity index is 889. The van der Waals surface area contributed by atoms with Gasteiger partial charge in [-0.15, -0.1) is 0 Å². The molecule has 0 saturated carbocycles. The van der Waals surface area contributed by atoms with Crippen LogP contribution in [-0.4, -0.2) is 36.1 Å². The van der Waals surface area contributed by atoms with Crippen molar-refractivity contribution in [3.63, 3.8) is 0 Å². The summed E-state index contributed by atoms with van der Waals surface area (Å²) in [6.07, 6.45) is 0.0658. The molecule has 142 valence electrons. The highest BCUT2D eigenvalue weighted by molar-refractivity contribution is 6.00. The van der Waals surface area contributed by atoms with E-state index in [1.54, 1.807) is 17.9 Å². The van der Waals surface area contributed by atoms with Gasteiger partial charge in [0.25, 0.3) is 5.91 Å². The summed E-state index contributed by atoms with van der Waals surface area (Å²) < 4.78 is 9.91. The van der Waals surface area contributed by atoms with Gasteiger partial charge < -0.3 is 19.5 Å². The Hall–Kier alpha value is -3.16. The van der Waals surface area contributed by atoms with Gasteiger partial charge >= 0.3 is 5.97 Å². The van der Waals surface area contributed by atoms with E-state index < -0.39 is 24.4 Å². The first kappa shape index (κ1) is 18.6. The molecule has 0 radical (unpaired) electrons. The average molecular weight is 371 g/mol. The minimum absolute atomic E-state index is 0.0658. The van der Waals surface area contributed by atoms with Gasteiger partial charge in [0.05, 0.1) is 5.92 Å². The second-order valence-corrected chi connectivity index (χ2v) is 6.60. The van der Waals surface area contributed by atoms with Gasteiger partial charge in [0, 0.05) is 24.7 Å². The van der Waals surface area contributed by atoms with Crippen molar-refractivity contribution in [1.82, 2.24) is 5.16 Å². The van der Waals surface area contributed by atoms with E-state index in [-0.39, 0.29) is 24.7 Å².